The van der Waals surface area contributed by atoms with Crippen molar-refractivity contribution >= 4 is 11.9 Å². The molecule has 2 rings (SSSR count). The molecule has 2 aromatic carbocycles. The molecule has 0 fully saturated rings. The topological polar surface area (TPSA) is 66.8 Å². The third-order valence-corrected chi connectivity index (χ3v) is 3.96. The number of likely N-dealkylation sites (N-methyl/N-ethyl adjacent to an activating group) is 1. The van der Waals surface area contributed by atoms with Gasteiger partial charge < -0.3 is 14.7 Å². The predicted molar refractivity (Wildman–Crippen MR) is 95.5 cm³/mol. The van der Waals surface area contributed by atoms with Gasteiger partial charge in [-0.05, 0) is 23.6 Å². The summed E-state index contributed by atoms with van der Waals surface area (Å²) in [5.41, 5.74) is 2.03. The second-order valence-electron chi connectivity index (χ2n) is 5.82. The average molecular weight is 341 g/mol. The Morgan fingerprint density at radius 1 is 1.04 bits per heavy atom. The molecule has 0 unspecified atom stereocenters. The summed E-state index contributed by atoms with van der Waals surface area (Å²) in [5, 5.41) is 9.17. The van der Waals surface area contributed by atoms with E-state index in [4.69, 9.17) is 9.84 Å². The summed E-state index contributed by atoms with van der Waals surface area (Å²) in [4.78, 5) is 25.0. The van der Waals surface area contributed by atoms with Crippen LogP contribution in [0.3, 0.4) is 0 Å². The molecule has 0 heterocycles. The fourth-order valence-corrected chi connectivity index (χ4v) is 2.47. The minimum absolute atomic E-state index is 0.0245. The SMILES string of the molecule is CN(CCOCc1ccccc1)C(=O)CCc1ccccc1C(=O)O. The Kier molecular flexibility index (Phi) is 7.16. The molecule has 5 nitrogen and oxygen atoms in total. The first kappa shape index (κ1) is 18.7. The standard InChI is InChI=1S/C20H23NO4/c1-21(13-14-25-15-16-7-3-2-4-8-16)19(22)12-11-17-9-5-6-10-18(17)20(23)24/h2-10H,11-15H2,1H3,(H,23,24). The fourth-order valence-electron chi connectivity index (χ4n) is 2.47. The summed E-state index contributed by atoms with van der Waals surface area (Å²) >= 11 is 0. The molecule has 0 aromatic heterocycles. The molecular weight excluding hydrogens is 318 g/mol. The van der Waals surface area contributed by atoms with Crippen LogP contribution in [0.5, 0.6) is 0 Å². The first-order valence-corrected chi connectivity index (χ1v) is 8.24. The van der Waals surface area contributed by atoms with Crippen LogP contribution >= 0.6 is 0 Å². The van der Waals surface area contributed by atoms with Crippen LogP contribution in [0.25, 0.3) is 0 Å². The molecular formula is C20H23NO4. The second kappa shape index (κ2) is 9.59. The van der Waals surface area contributed by atoms with Gasteiger partial charge in [0.2, 0.25) is 5.91 Å². The summed E-state index contributed by atoms with van der Waals surface area (Å²) in [5.74, 6) is -0.991. The van der Waals surface area contributed by atoms with Gasteiger partial charge in [-0.15, -0.1) is 0 Å². The highest BCUT2D eigenvalue weighted by atomic mass is 16.5. The normalized spacial score (nSPS) is 10.4. The Bertz CT molecular complexity index is 700. The van der Waals surface area contributed by atoms with Gasteiger partial charge in [-0.1, -0.05) is 48.5 Å². The highest BCUT2D eigenvalue weighted by Crippen LogP contribution is 2.12. The minimum atomic E-state index is -0.967. The third kappa shape index (κ3) is 6.04. The molecule has 0 saturated carbocycles. The maximum atomic E-state index is 12.2. The third-order valence-electron chi connectivity index (χ3n) is 3.96. The van der Waals surface area contributed by atoms with Crippen molar-refractivity contribution in [2.75, 3.05) is 20.2 Å². The van der Waals surface area contributed by atoms with E-state index in [1.165, 1.54) is 0 Å². The highest BCUT2D eigenvalue weighted by molar-refractivity contribution is 5.89. The molecule has 0 radical (unpaired) electrons. The van der Waals surface area contributed by atoms with Gasteiger partial charge in [-0.3, -0.25) is 4.79 Å². The molecule has 0 saturated heterocycles. The summed E-state index contributed by atoms with van der Waals surface area (Å²) < 4.78 is 5.58. The van der Waals surface area contributed by atoms with Gasteiger partial charge in [0.25, 0.3) is 0 Å². The van der Waals surface area contributed by atoms with Crippen LogP contribution in [0.15, 0.2) is 54.6 Å². The van der Waals surface area contributed by atoms with Crippen LogP contribution < -0.4 is 0 Å². The maximum Gasteiger partial charge on any atom is 0.335 e. The van der Waals surface area contributed by atoms with E-state index < -0.39 is 5.97 Å². The lowest BCUT2D eigenvalue weighted by molar-refractivity contribution is -0.130. The number of carbonyl (C=O) groups excluding carboxylic acids is 1. The van der Waals surface area contributed by atoms with Crippen molar-refractivity contribution in [2.24, 2.45) is 0 Å². The molecule has 1 N–H and O–H groups in total. The smallest absolute Gasteiger partial charge is 0.335 e. The van der Waals surface area contributed by atoms with Crippen LogP contribution in [0.4, 0.5) is 0 Å². The number of rotatable bonds is 9. The molecule has 0 spiro atoms. The Balaban J connectivity index is 1.72. The summed E-state index contributed by atoms with van der Waals surface area (Å²) in [6.45, 7) is 1.49. The number of hydrogen-bond donors (Lipinski definition) is 1. The van der Waals surface area contributed by atoms with Crippen LogP contribution in [0.1, 0.15) is 27.9 Å². The number of ether oxygens (including phenoxy) is 1. The molecule has 0 aliphatic carbocycles. The fraction of sp³-hybridized carbons (Fsp3) is 0.300. The van der Waals surface area contributed by atoms with Crippen LogP contribution in [0.2, 0.25) is 0 Å². The zero-order valence-corrected chi connectivity index (χ0v) is 14.4. The summed E-state index contributed by atoms with van der Waals surface area (Å²) in [6, 6.07) is 16.6. The number of carboxylic acids is 1. The van der Waals surface area contributed by atoms with Gasteiger partial charge in [0.05, 0.1) is 18.8 Å². The number of carboxylic acid groups (broad SMARTS) is 1. The molecule has 0 bridgehead atoms. The largest absolute Gasteiger partial charge is 0.478 e. The summed E-state index contributed by atoms with van der Waals surface area (Å²) in [6.07, 6.45) is 0.690. The Labute approximate surface area is 147 Å². The Hall–Kier alpha value is -2.66. The number of carbonyl (C=O) groups is 2. The van der Waals surface area contributed by atoms with E-state index in [0.717, 1.165) is 5.56 Å². The van der Waals surface area contributed by atoms with Crippen molar-refractivity contribution in [1.29, 1.82) is 0 Å². The van der Waals surface area contributed by atoms with E-state index in [9.17, 15) is 9.59 Å². The van der Waals surface area contributed by atoms with E-state index in [2.05, 4.69) is 0 Å². The van der Waals surface area contributed by atoms with E-state index in [1.807, 2.05) is 30.3 Å². The second-order valence-corrected chi connectivity index (χ2v) is 5.82. The van der Waals surface area contributed by atoms with Crippen molar-refractivity contribution in [3.8, 4) is 0 Å². The number of aromatic carboxylic acids is 1. The van der Waals surface area contributed by atoms with Crippen LogP contribution in [-0.2, 0) is 22.6 Å². The van der Waals surface area contributed by atoms with Crippen LogP contribution in [-0.4, -0.2) is 42.1 Å². The van der Waals surface area contributed by atoms with Crippen molar-refractivity contribution in [1.82, 2.24) is 4.90 Å². The lowest BCUT2D eigenvalue weighted by Crippen LogP contribution is -2.30. The number of amides is 1. The molecule has 2 aromatic rings. The molecule has 1 amide bonds. The molecule has 0 aliphatic rings. The highest BCUT2D eigenvalue weighted by Gasteiger charge is 2.13. The maximum absolute atomic E-state index is 12.2. The monoisotopic (exact) mass is 341 g/mol. The summed E-state index contributed by atoms with van der Waals surface area (Å²) in [7, 11) is 1.73. The predicted octanol–water partition coefficient (Wildman–Crippen LogP) is 2.99. The quantitative estimate of drug-likeness (QED) is 0.712. The van der Waals surface area contributed by atoms with Gasteiger partial charge in [0.1, 0.15) is 0 Å². The molecule has 25 heavy (non-hydrogen) atoms. The Morgan fingerprint density at radius 2 is 1.72 bits per heavy atom. The van der Waals surface area contributed by atoms with E-state index >= 15 is 0 Å². The van der Waals surface area contributed by atoms with Gasteiger partial charge in [0, 0.05) is 20.0 Å². The van der Waals surface area contributed by atoms with Gasteiger partial charge >= 0.3 is 5.97 Å². The minimum Gasteiger partial charge on any atom is -0.478 e. The van der Waals surface area contributed by atoms with Crippen molar-refractivity contribution in [2.45, 2.75) is 19.4 Å². The van der Waals surface area contributed by atoms with Crippen LogP contribution in [0, 0.1) is 0 Å². The number of nitrogens with zero attached hydrogens (tertiary/aromatic N) is 1. The molecule has 132 valence electrons. The Morgan fingerprint density at radius 3 is 2.44 bits per heavy atom. The zero-order chi connectivity index (χ0) is 18.1. The van der Waals surface area contributed by atoms with E-state index in [-0.39, 0.29) is 17.9 Å². The zero-order valence-electron chi connectivity index (χ0n) is 14.4. The molecule has 0 aliphatic heterocycles. The lowest BCUT2D eigenvalue weighted by Gasteiger charge is -2.17. The van der Waals surface area contributed by atoms with Gasteiger partial charge in [-0.25, -0.2) is 4.79 Å². The number of benzene rings is 2. The van der Waals surface area contributed by atoms with Gasteiger partial charge in [-0.2, -0.15) is 0 Å². The first-order valence-electron chi connectivity index (χ1n) is 8.24. The van der Waals surface area contributed by atoms with Crippen molar-refractivity contribution in [3.05, 3.63) is 71.3 Å². The van der Waals surface area contributed by atoms with Crippen molar-refractivity contribution in [3.63, 3.8) is 0 Å². The van der Waals surface area contributed by atoms with Gasteiger partial charge in [0.15, 0.2) is 0 Å². The van der Waals surface area contributed by atoms with E-state index in [0.29, 0.717) is 31.7 Å². The number of hydrogen-bond acceptors (Lipinski definition) is 3. The first-order chi connectivity index (χ1) is 12.1. The van der Waals surface area contributed by atoms with Crippen molar-refractivity contribution < 1.29 is 19.4 Å². The lowest BCUT2D eigenvalue weighted by atomic mass is 10.0. The van der Waals surface area contributed by atoms with E-state index in [1.54, 1.807) is 36.2 Å². The molecule has 0 atom stereocenters. The number of aryl methyl sites for hydroxylation is 1. The molecule has 5 heteroatoms. The average Bonchev–Trinajstić information content (AvgIpc) is 2.64.